The number of aromatic amines is 1. The lowest BCUT2D eigenvalue weighted by atomic mass is 9.95. The normalized spacial score (nSPS) is 20.6. The molecular formula is C59H66F3N11O7S2. The first-order valence-corrected chi connectivity index (χ1v) is 29.8. The lowest BCUT2D eigenvalue weighted by Gasteiger charge is -2.39. The zero-order valence-electron chi connectivity index (χ0n) is 45.8. The number of ketones is 1. The van der Waals surface area contributed by atoms with Gasteiger partial charge in [0.2, 0.25) is 17.6 Å². The molecule has 3 aromatic carbocycles. The number of hydrogen-bond donors (Lipinski definition) is 4. The van der Waals surface area contributed by atoms with Crippen molar-refractivity contribution >= 4 is 62.6 Å². The van der Waals surface area contributed by atoms with Gasteiger partial charge in [-0.2, -0.15) is 4.41 Å². The number of anilines is 2. The zero-order chi connectivity index (χ0) is 57.3. The largest absolute Gasteiger partial charge is 0.391 e. The predicted octanol–water partition coefficient (Wildman–Crippen LogP) is 8.22. The summed E-state index contributed by atoms with van der Waals surface area (Å²) in [4.78, 5) is 64.1. The predicted molar refractivity (Wildman–Crippen MR) is 307 cm³/mol. The Kier molecular flexibility index (Phi) is 17.0. The number of carbonyl (C=O) groups is 3. The highest BCUT2D eigenvalue weighted by Gasteiger charge is 2.43. The molecule has 4 N–H and O–H groups in total. The SMILES string of the molecule is Cc1cc(C(CCN2CCN(CC3CCN(c4ccc(-c5cnc6[nH]cc(C(=O)c7c(F)ccc(N(N8CC[C@@H](F)C8)S(=O)O)c7F)c6c5)cc4)CC3)CC2)C(=O)N2C[C@H](O)C[C@H]2C(=O)N[C@@H](C)c2ccc(-c3scnc3C)cc2)on1. The minimum absolute atomic E-state index is 0.0301. The fourth-order valence-corrected chi connectivity index (χ4v) is 13.5. The summed E-state index contributed by atoms with van der Waals surface area (Å²) in [5.74, 6) is -3.73. The Labute approximate surface area is 479 Å². The van der Waals surface area contributed by atoms with E-state index in [1.54, 1.807) is 29.7 Å². The number of aryl methyl sites for hydroxylation is 2. The third-order valence-electron chi connectivity index (χ3n) is 16.6. The van der Waals surface area contributed by atoms with Crippen LogP contribution < -0.4 is 14.6 Å². The van der Waals surface area contributed by atoms with Crippen molar-refractivity contribution in [2.45, 2.75) is 83.2 Å². The van der Waals surface area contributed by atoms with Crippen molar-refractivity contribution in [1.82, 2.24) is 45.1 Å². The molecule has 7 aromatic rings. The van der Waals surface area contributed by atoms with Crippen molar-refractivity contribution in [3.05, 3.63) is 136 Å². The Morgan fingerprint density at radius 1 is 0.902 bits per heavy atom. The quantitative estimate of drug-likeness (QED) is 0.0472. The number of piperidine rings is 1. The second-order valence-corrected chi connectivity index (χ2v) is 23.7. The number of amides is 2. The number of hydrazine groups is 1. The van der Waals surface area contributed by atoms with Gasteiger partial charge in [0.25, 0.3) is 11.3 Å². The molecule has 4 fully saturated rings. The maximum atomic E-state index is 16.1. The fourth-order valence-electron chi connectivity index (χ4n) is 12.0. The van der Waals surface area contributed by atoms with E-state index in [2.05, 4.69) is 52.3 Å². The minimum Gasteiger partial charge on any atom is -0.391 e. The Morgan fingerprint density at radius 3 is 2.30 bits per heavy atom. The number of thiazole rings is 1. The van der Waals surface area contributed by atoms with E-state index in [0.29, 0.717) is 51.3 Å². The van der Waals surface area contributed by atoms with Gasteiger partial charge in [-0.05, 0) is 106 Å². The summed E-state index contributed by atoms with van der Waals surface area (Å²) in [7, 11) is 0. The molecule has 0 saturated carbocycles. The summed E-state index contributed by atoms with van der Waals surface area (Å²) in [5, 5.41) is 19.6. The van der Waals surface area contributed by atoms with Gasteiger partial charge in [0.05, 0.1) is 46.0 Å². The van der Waals surface area contributed by atoms with Crippen LogP contribution in [0.25, 0.3) is 32.6 Å². The first-order chi connectivity index (χ1) is 39.6. The number of benzene rings is 3. The molecule has 2 amide bonds. The van der Waals surface area contributed by atoms with E-state index in [9.17, 15) is 32.6 Å². The number of β-amino-alcohol motifs (C(OH)–C–C–N with tert-alkyl or cyclic N) is 1. The Morgan fingerprint density at radius 2 is 1.63 bits per heavy atom. The molecular weight excluding hydrogens is 1100 g/mol. The van der Waals surface area contributed by atoms with E-state index in [4.69, 9.17) is 4.52 Å². The molecule has 23 heteroatoms. The lowest BCUT2D eigenvalue weighted by Crippen LogP contribution is -2.50. The Balaban J connectivity index is 0.660. The molecule has 0 spiro atoms. The Bertz CT molecular complexity index is 3460. The average Bonchev–Trinajstić information content (AvgIpc) is 4.38. The second-order valence-electron chi connectivity index (χ2n) is 22.1. The van der Waals surface area contributed by atoms with E-state index in [0.717, 1.165) is 104 Å². The minimum atomic E-state index is -2.83. The highest BCUT2D eigenvalue weighted by Crippen LogP contribution is 2.36. The summed E-state index contributed by atoms with van der Waals surface area (Å²) in [6.07, 6.45) is 3.61. The number of fused-ring (bicyclic) bond motifs is 1. The number of aromatic nitrogens is 4. The van der Waals surface area contributed by atoms with Crippen LogP contribution in [0.1, 0.15) is 89.6 Å². The van der Waals surface area contributed by atoms with Crippen LogP contribution in [0.3, 0.4) is 0 Å². The molecule has 82 heavy (non-hydrogen) atoms. The third kappa shape index (κ3) is 12.1. The summed E-state index contributed by atoms with van der Waals surface area (Å²) in [6.45, 7) is 12.5. The van der Waals surface area contributed by atoms with Crippen LogP contribution in [0, 0.1) is 31.4 Å². The molecule has 0 aliphatic carbocycles. The molecule has 4 saturated heterocycles. The van der Waals surface area contributed by atoms with Crippen LogP contribution >= 0.6 is 11.3 Å². The van der Waals surface area contributed by atoms with Crippen molar-refractivity contribution in [2.24, 2.45) is 5.92 Å². The van der Waals surface area contributed by atoms with Gasteiger partial charge in [0, 0.05) is 106 Å². The van der Waals surface area contributed by atoms with Gasteiger partial charge in [-0.1, -0.05) is 41.6 Å². The molecule has 432 valence electrons. The van der Waals surface area contributed by atoms with Crippen LogP contribution in [0.5, 0.6) is 0 Å². The summed E-state index contributed by atoms with van der Waals surface area (Å²) in [5.41, 5.74) is 6.88. The van der Waals surface area contributed by atoms with Crippen LogP contribution in [0.15, 0.2) is 95.2 Å². The number of pyridine rings is 1. The number of likely N-dealkylation sites (tertiary alicyclic amines) is 1. The van der Waals surface area contributed by atoms with Gasteiger partial charge in [0.1, 0.15) is 41.0 Å². The first kappa shape index (κ1) is 57.0. The van der Waals surface area contributed by atoms with Crippen molar-refractivity contribution in [1.29, 1.82) is 0 Å². The number of hydrogen-bond acceptors (Lipinski definition) is 14. The maximum Gasteiger partial charge on any atom is 0.277 e. The highest BCUT2D eigenvalue weighted by molar-refractivity contribution is 7.80. The number of aliphatic hydroxyl groups is 1. The third-order valence-corrected chi connectivity index (χ3v) is 18.3. The van der Waals surface area contributed by atoms with Crippen molar-refractivity contribution < 1.29 is 45.9 Å². The van der Waals surface area contributed by atoms with Gasteiger partial charge in [-0.25, -0.2) is 32.4 Å². The van der Waals surface area contributed by atoms with Gasteiger partial charge < -0.3 is 39.5 Å². The smallest absolute Gasteiger partial charge is 0.277 e. The Hall–Kier alpha value is -6.86. The number of nitrogens with one attached hydrogen (secondary N) is 2. The van der Waals surface area contributed by atoms with Crippen LogP contribution in [0.4, 0.5) is 24.5 Å². The molecule has 0 bridgehead atoms. The molecule has 11 rings (SSSR count). The summed E-state index contributed by atoms with van der Waals surface area (Å²) in [6, 6.07) is 20.3. The number of rotatable bonds is 18. The van der Waals surface area contributed by atoms with Gasteiger partial charge >= 0.3 is 0 Å². The molecule has 8 heterocycles. The van der Waals surface area contributed by atoms with Crippen molar-refractivity contribution in [3.8, 4) is 21.6 Å². The average molecular weight is 1160 g/mol. The van der Waals surface area contributed by atoms with E-state index in [1.165, 1.54) is 16.1 Å². The zero-order valence-corrected chi connectivity index (χ0v) is 47.5. The van der Waals surface area contributed by atoms with Crippen LogP contribution in [0.2, 0.25) is 0 Å². The van der Waals surface area contributed by atoms with Gasteiger partial charge in [0.15, 0.2) is 5.82 Å². The molecule has 4 aromatic heterocycles. The number of H-pyrrole nitrogens is 1. The lowest BCUT2D eigenvalue weighted by molar-refractivity contribution is -0.140. The van der Waals surface area contributed by atoms with Gasteiger partial charge in [-0.3, -0.25) is 18.9 Å². The second kappa shape index (κ2) is 24.5. The number of piperazine rings is 1. The first-order valence-electron chi connectivity index (χ1n) is 27.9. The fraction of sp³-hybridized carbons (Fsp3) is 0.424. The van der Waals surface area contributed by atoms with Crippen LogP contribution in [-0.4, -0.2) is 162 Å². The summed E-state index contributed by atoms with van der Waals surface area (Å²) >= 11 is -1.25. The number of carbonyl (C=O) groups excluding carboxylic acids is 3. The van der Waals surface area contributed by atoms with E-state index in [-0.39, 0.29) is 55.9 Å². The van der Waals surface area contributed by atoms with Crippen LogP contribution in [-0.2, 0) is 20.9 Å². The number of halogens is 3. The topological polar surface area (TPSA) is 208 Å². The molecule has 6 atom stereocenters. The number of aliphatic hydroxyl groups excluding tert-OH is 1. The molecule has 2 unspecified atom stereocenters. The highest BCUT2D eigenvalue weighted by atomic mass is 32.2. The monoisotopic (exact) mass is 1160 g/mol. The van der Waals surface area contributed by atoms with E-state index < -0.39 is 64.2 Å². The number of alkyl halides is 1. The van der Waals surface area contributed by atoms with Crippen molar-refractivity contribution in [3.63, 3.8) is 0 Å². The van der Waals surface area contributed by atoms with Crippen molar-refractivity contribution in [2.75, 3.05) is 81.3 Å². The molecule has 0 radical (unpaired) electrons. The summed E-state index contributed by atoms with van der Waals surface area (Å²) < 4.78 is 74.3. The van der Waals surface area contributed by atoms with E-state index in [1.807, 2.05) is 62.7 Å². The molecule has 18 nitrogen and oxygen atoms in total. The van der Waals surface area contributed by atoms with E-state index >= 15 is 8.78 Å². The number of nitrogens with zero attached hydrogens (tertiary/aromatic N) is 9. The molecule has 4 aliphatic rings. The standard InChI is InChI=1S/C59H66F3N11O7S2/c1-35-26-52(80-67-35)46(59(77)72-33-45(74)28-51(72)58(76)66-36(2)39-4-6-41(7-5-39)56-37(3)65-34-81-56)17-18-68-22-24-69(25-23-68)31-38-14-19-70(20-15-38)44-10-8-40(9-11-44)42-27-47-48(30-64-57(47)63-29-42)55(75)53-49(61)12-13-50(54(53)62)73(82(78)79)71-21-16-43(60)32-71/h4-13,26-27,29-30,34,36,38,43,45-46,51,74H,14-25,28,31-33H2,1-3H3,(H,63,64)(H,66,76)(H,78,79)/t36-,43+,45+,46?,51-/m0/s1. The molecule has 4 aliphatic heterocycles. The van der Waals surface area contributed by atoms with Gasteiger partial charge in [-0.15, -0.1) is 11.3 Å². The maximum absolute atomic E-state index is 16.1.